The summed E-state index contributed by atoms with van der Waals surface area (Å²) in [4.78, 5) is 4.20. The Morgan fingerprint density at radius 2 is 2.07 bits per heavy atom. The van der Waals surface area contributed by atoms with Crippen LogP contribution in [0.25, 0.3) is 0 Å². The SMILES string of the molecule is C[C@@H](N)c1nc(Cc2ccccc2)no1. The van der Waals surface area contributed by atoms with Crippen LogP contribution >= 0.6 is 0 Å². The zero-order chi connectivity index (χ0) is 10.7. The average Bonchev–Trinajstić information content (AvgIpc) is 2.68. The third-order valence-electron chi connectivity index (χ3n) is 2.08. The van der Waals surface area contributed by atoms with Gasteiger partial charge in [0.2, 0.25) is 5.89 Å². The molecule has 1 aromatic heterocycles. The molecule has 2 N–H and O–H groups in total. The smallest absolute Gasteiger partial charge is 0.243 e. The largest absolute Gasteiger partial charge is 0.338 e. The van der Waals surface area contributed by atoms with E-state index in [0.717, 1.165) is 5.56 Å². The lowest BCUT2D eigenvalue weighted by atomic mass is 10.1. The van der Waals surface area contributed by atoms with Gasteiger partial charge in [-0.25, -0.2) is 0 Å². The number of nitrogens with zero attached hydrogens (tertiary/aromatic N) is 2. The lowest BCUT2D eigenvalue weighted by Crippen LogP contribution is -2.05. The molecule has 0 unspecified atom stereocenters. The normalized spacial score (nSPS) is 12.7. The van der Waals surface area contributed by atoms with Crippen LogP contribution < -0.4 is 5.73 Å². The Hall–Kier alpha value is -1.68. The molecule has 4 nitrogen and oxygen atoms in total. The molecule has 2 aromatic rings. The predicted molar refractivity (Wildman–Crippen MR) is 56.1 cm³/mol. The summed E-state index contributed by atoms with van der Waals surface area (Å²) in [5, 5.41) is 3.87. The van der Waals surface area contributed by atoms with E-state index < -0.39 is 0 Å². The first kappa shape index (κ1) is 9.86. The highest BCUT2D eigenvalue weighted by Gasteiger charge is 2.09. The predicted octanol–water partition coefficient (Wildman–Crippen LogP) is 1.68. The topological polar surface area (TPSA) is 64.9 Å². The molecule has 0 aliphatic rings. The van der Waals surface area contributed by atoms with Gasteiger partial charge in [-0.3, -0.25) is 0 Å². The molecule has 4 heteroatoms. The number of hydrogen-bond donors (Lipinski definition) is 1. The van der Waals surface area contributed by atoms with Gasteiger partial charge < -0.3 is 10.3 Å². The summed E-state index contributed by atoms with van der Waals surface area (Å²) in [5.74, 6) is 1.16. The van der Waals surface area contributed by atoms with Gasteiger partial charge in [-0.05, 0) is 12.5 Å². The average molecular weight is 203 g/mol. The minimum absolute atomic E-state index is 0.206. The molecule has 2 rings (SSSR count). The number of aromatic nitrogens is 2. The van der Waals surface area contributed by atoms with Crippen molar-refractivity contribution in [1.82, 2.24) is 10.1 Å². The molecule has 0 radical (unpaired) electrons. The molecule has 0 amide bonds. The van der Waals surface area contributed by atoms with Crippen LogP contribution in [0.2, 0.25) is 0 Å². The van der Waals surface area contributed by atoms with Crippen molar-refractivity contribution in [3.8, 4) is 0 Å². The van der Waals surface area contributed by atoms with Crippen LogP contribution in [-0.4, -0.2) is 10.1 Å². The number of benzene rings is 1. The molecule has 0 spiro atoms. The summed E-state index contributed by atoms with van der Waals surface area (Å²) in [5.41, 5.74) is 6.79. The van der Waals surface area contributed by atoms with E-state index in [1.807, 2.05) is 37.3 Å². The van der Waals surface area contributed by atoms with E-state index >= 15 is 0 Å². The van der Waals surface area contributed by atoms with Crippen molar-refractivity contribution in [3.63, 3.8) is 0 Å². The molecule has 0 saturated carbocycles. The van der Waals surface area contributed by atoms with Gasteiger partial charge in [0.1, 0.15) is 0 Å². The maximum atomic E-state index is 5.62. The molecule has 0 fully saturated rings. The van der Waals surface area contributed by atoms with E-state index in [-0.39, 0.29) is 6.04 Å². The van der Waals surface area contributed by atoms with Crippen molar-refractivity contribution < 1.29 is 4.52 Å². The second-order valence-corrected chi connectivity index (χ2v) is 3.50. The summed E-state index contributed by atoms with van der Waals surface area (Å²) in [6, 6.07) is 9.81. The fourth-order valence-electron chi connectivity index (χ4n) is 1.30. The highest BCUT2D eigenvalue weighted by molar-refractivity contribution is 5.18. The van der Waals surface area contributed by atoms with Gasteiger partial charge in [0.25, 0.3) is 0 Å². The van der Waals surface area contributed by atoms with E-state index in [1.54, 1.807) is 0 Å². The van der Waals surface area contributed by atoms with E-state index in [4.69, 9.17) is 10.3 Å². The summed E-state index contributed by atoms with van der Waals surface area (Å²) in [6.07, 6.45) is 0.678. The second-order valence-electron chi connectivity index (χ2n) is 3.50. The van der Waals surface area contributed by atoms with Gasteiger partial charge in [0.05, 0.1) is 6.04 Å². The quantitative estimate of drug-likeness (QED) is 0.824. The number of rotatable bonds is 3. The standard InChI is InChI=1S/C11H13N3O/c1-8(12)11-13-10(14-15-11)7-9-5-3-2-4-6-9/h2-6,8H,7,12H2,1H3/t8-/m1/s1. The zero-order valence-corrected chi connectivity index (χ0v) is 8.55. The third-order valence-corrected chi connectivity index (χ3v) is 2.08. The number of hydrogen-bond acceptors (Lipinski definition) is 4. The van der Waals surface area contributed by atoms with Crippen LogP contribution in [-0.2, 0) is 6.42 Å². The van der Waals surface area contributed by atoms with Crippen LogP contribution in [0.1, 0.15) is 30.2 Å². The highest BCUT2D eigenvalue weighted by Crippen LogP contribution is 2.09. The summed E-state index contributed by atoms with van der Waals surface area (Å²) in [7, 11) is 0. The van der Waals surface area contributed by atoms with Crippen LogP contribution in [0, 0.1) is 0 Å². The van der Waals surface area contributed by atoms with E-state index in [9.17, 15) is 0 Å². The number of nitrogens with two attached hydrogens (primary N) is 1. The van der Waals surface area contributed by atoms with Crippen molar-refractivity contribution in [3.05, 3.63) is 47.6 Å². The molecule has 0 saturated heterocycles. The van der Waals surface area contributed by atoms with Gasteiger partial charge in [-0.1, -0.05) is 35.5 Å². The first-order valence-electron chi connectivity index (χ1n) is 4.87. The molecular weight excluding hydrogens is 190 g/mol. The second kappa shape index (κ2) is 4.23. The van der Waals surface area contributed by atoms with Gasteiger partial charge in [0, 0.05) is 6.42 Å². The van der Waals surface area contributed by atoms with Crippen LogP contribution in [0.5, 0.6) is 0 Å². The Labute approximate surface area is 88.1 Å². The Morgan fingerprint density at radius 1 is 1.33 bits per heavy atom. The van der Waals surface area contributed by atoms with E-state index in [0.29, 0.717) is 18.1 Å². The maximum absolute atomic E-state index is 5.62. The van der Waals surface area contributed by atoms with E-state index in [2.05, 4.69) is 10.1 Å². The van der Waals surface area contributed by atoms with Crippen molar-refractivity contribution in [2.75, 3.05) is 0 Å². The van der Waals surface area contributed by atoms with Gasteiger partial charge in [0.15, 0.2) is 5.82 Å². The zero-order valence-electron chi connectivity index (χ0n) is 8.55. The summed E-state index contributed by atoms with van der Waals surface area (Å²) in [6.45, 7) is 1.82. The Balaban J connectivity index is 2.12. The fourth-order valence-corrected chi connectivity index (χ4v) is 1.30. The van der Waals surface area contributed by atoms with Crippen LogP contribution in [0.4, 0.5) is 0 Å². The summed E-state index contributed by atoms with van der Waals surface area (Å²) < 4.78 is 5.01. The Bertz CT molecular complexity index is 422. The molecule has 1 atom stereocenters. The molecule has 1 heterocycles. The highest BCUT2D eigenvalue weighted by atomic mass is 16.5. The van der Waals surface area contributed by atoms with Crippen molar-refractivity contribution in [2.24, 2.45) is 5.73 Å². The minimum atomic E-state index is -0.206. The lowest BCUT2D eigenvalue weighted by molar-refractivity contribution is 0.358. The Kier molecular flexibility index (Phi) is 2.78. The molecule has 1 aromatic carbocycles. The fraction of sp³-hybridized carbons (Fsp3) is 0.273. The maximum Gasteiger partial charge on any atom is 0.243 e. The minimum Gasteiger partial charge on any atom is -0.338 e. The molecule has 15 heavy (non-hydrogen) atoms. The lowest BCUT2D eigenvalue weighted by Gasteiger charge is -1.95. The first-order valence-corrected chi connectivity index (χ1v) is 4.87. The van der Waals surface area contributed by atoms with Gasteiger partial charge in [-0.2, -0.15) is 4.98 Å². The van der Waals surface area contributed by atoms with Crippen LogP contribution in [0.15, 0.2) is 34.9 Å². The summed E-state index contributed by atoms with van der Waals surface area (Å²) >= 11 is 0. The Morgan fingerprint density at radius 3 is 2.67 bits per heavy atom. The molecule has 0 aliphatic carbocycles. The van der Waals surface area contributed by atoms with E-state index in [1.165, 1.54) is 0 Å². The molecule has 0 aliphatic heterocycles. The van der Waals surface area contributed by atoms with Crippen LogP contribution in [0.3, 0.4) is 0 Å². The first-order chi connectivity index (χ1) is 7.25. The van der Waals surface area contributed by atoms with Gasteiger partial charge >= 0.3 is 0 Å². The molecule has 78 valence electrons. The monoisotopic (exact) mass is 203 g/mol. The molecule has 0 bridgehead atoms. The van der Waals surface area contributed by atoms with Crippen molar-refractivity contribution >= 4 is 0 Å². The molecular formula is C11H13N3O. The van der Waals surface area contributed by atoms with Crippen molar-refractivity contribution in [1.29, 1.82) is 0 Å². The third kappa shape index (κ3) is 2.41. The van der Waals surface area contributed by atoms with Gasteiger partial charge in [-0.15, -0.1) is 0 Å². The van der Waals surface area contributed by atoms with Crippen molar-refractivity contribution in [2.45, 2.75) is 19.4 Å².